The number of nitrogens with zero attached hydrogens (tertiary/aromatic N) is 1. The van der Waals surface area contributed by atoms with E-state index in [2.05, 4.69) is 0 Å². The van der Waals surface area contributed by atoms with Crippen LogP contribution in [0, 0.1) is 5.41 Å². The average molecular weight is 296 g/mol. The van der Waals surface area contributed by atoms with Gasteiger partial charge in [0.15, 0.2) is 5.60 Å². The summed E-state index contributed by atoms with van der Waals surface area (Å²) in [6.07, 6.45) is -5.97. The van der Waals surface area contributed by atoms with Gasteiger partial charge < -0.3 is 15.7 Å². The van der Waals surface area contributed by atoms with Crippen LogP contribution in [0.25, 0.3) is 0 Å². The molecular weight excluding hydrogens is 277 g/mol. The Hall–Kier alpha value is -1.31. The molecule has 1 heterocycles. The number of carbonyl (C=O) groups excluding carboxylic acids is 2. The van der Waals surface area contributed by atoms with Crippen molar-refractivity contribution in [2.75, 3.05) is 13.1 Å². The highest BCUT2D eigenvalue weighted by molar-refractivity contribution is 5.87. The van der Waals surface area contributed by atoms with Crippen molar-refractivity contribution >= 4 is 11.8 Å². The lowest BCUT2D eigenvalue weighted by Gasteiger charge is -2.39. The standard InChI is InChI=1S/C12H19F3N2O3/c1-10(2,9(16)19)7-8(18)17-5-3-11(20,4-6-17)12(13,14)15/h20H,3-7H2,1-2H3,(H2,16,19). The van der Waals surface area contributed by atoms with Gasteiger partial charge in [-0.05, 0) is 0 Å². The molecule has 1 rings (SSSR count). The van der Waals surface area contributed by atoms with Crippen LogP contribution >= 0.6 is 0 Å². The molecule has 0 aromatic rings. The summed E-state index contributed by atoms with van der Waals surface area (Å²) in [7, 11) is 0. The van der Waals surface area contributed by atoms with Crippen LogP contribution in [0.3, 0.4) is 0 Å². The second-order valence-corrected chi connectivity index (χ2v) is 5.84. The molecule has 0 spiro atoms. The van der Waals surface area contributed by atoms with Gasteiger partial charge in [0.25, 0.3) is 0 Å². The van der Waals surface area contributed by atoms with Crippen molar-refractivity contribution in [3.8, 4) is 0 Å². The highest BCUT2D eigenvalue weighted by atomic mass is 19.4. The lowest BCUT2D eigenvalue weighted by atomic mass is 9.86. The minimum absolute atomic E-state index is 0.160. The Morgan fingerprint density at radius 3 is 2.05 bits per heavy atom. The second kappa shape index (κ2) is 5.23. The maximum atomic E-state index is 12.6. The van der Waals surface area contributed by atoms with Gasteiger partial charge in [-0.25, -0.2) is 0 Å². The Morgan fingerprint density at radius 2 is 1.70 bits per heavy atom. The number of nitrogens with two attached hydrogens (primary N) is 1. The van der Waals surface area contributed by atoms with Crippen LogP contribution in [0.4, 0.5) is 13.2 Å². The van der Waals surface area contributed by atoms with E-state index in [-0.39, 0.29) is 19.5 Å². The number of carbonyl (C=O) groups is 2. The number of piperidine rings is 1. The SMILES string of the molecule is CC(C)(CC(=O)N1CCC(O)(C(F)(F)F)CC1)C(N)=O. The molecule has 20 heavy (non-hydrogen) atoms. The first-order valence-corrected chi connectivity index (χ1v) is 6.26. The molecule has 1 saturated heterocycles. The lowest BCUT2D eigenvalue weighted by molar-refractivity contribution is -0.272. The van der Waals surface area contributed by atoms with Gasteiger partial charge in [-0.15, -0.1) is 0 Å². The smallest absolute Gasteiger partial charge is 0.380 e. The normalized spacial score (nSPS) is 19.8. The fourth-order valence-corrected chi connectivity index (χ4v) is 1.99. The molecule has 0 aromatic heterocycles. The van der Waals surface area contributed by atoms with E-state index in [1.165, 1.54) is 18.7 Å². The molecule has 3 N–H and O–H groups in total. The molecule has 1 fully saturated rings. The van der Waals surface area contributed by atoms with Crippen LogP contribution in [0.15, 0.2) is 0 Å². The topological polar surface area (TPSA) is 83.6 Å². The fraction of sp³-hybridized carbons (Fsp3) is 0.833. The summed E-state index contributed by atoms with van der Waals surface area (Å²) in [5, 5.41) is 9.49. The van der Waals surface area contributed by atoms with Gasteiger partial charge in [-0.2, -0.15) is 13.2 Å². The molecule has 1 aliphatic heterocycles. The highest BCUT2D eigenvalue weighted by Crippen LogP contribution is 2.38. The van der Waals surface area contributed by atoms with Crippen molar-refractivity contribution in [2.45, 2.75) is 44.9 Å². The van der Waals surface area contributed by atoms with E-state index in [1.54, 1.807) is 0 Å². The third kappa shape index (κ3) is 3.41. The summed E-state index contributed by atoms with van der Waals surface area (Å²) >= 11 is 0. The number of amides is 2. The van der Waals surface area contributed by atoms with Crippen molar-refractivity contribution in [1.82, 2.24) is 4.90 Å². The Bertz CT molecular complexity index is 399. The Kier molecular flexibility index (Phi) is 4.38. The molecule has 0 unspecified atom stereocenters. The van der Waals surface area contributed by atoms with Gasteiger partial charge in [-0.3, -0.25) is 9.59 Å². The molecule has 5 nitrogen and oxygen atoms in total. The molecule has 0 saturated carbocycles. The lowest BCUT2D eigenvalue weighted by Crippen LogP contribution is -2.54. The molecule has 8 heteroatoms. The molecule has 0 bridgehead atoms. The average Bonchev–Trinajstić information content (AvgIpc) is 2.27. The van der Waals surface area contributed by atoms with Crippen molar-refractivity contribution in [1.29, 1.82) is 0 Å². The minimum Gasteiger partial charge on any atom is -0.380 e. The number of hydrogen-bond acceptors (Lipinski definition) is 3. The van der Waals surface area contributed by atoms with Crippen LogP contribution in [0.1, 0.15) is 33.1 Å². The molecule has 0 aliphatic carbocycles. The van der Waals surface area contributed by atoms with Gasteiger partial charge in [0, 0.05) is 32.4 Å². The minimum atomic E-state index is -4.70. The van der Waals surface area contributed by atoms with Gasteiger partial charge in [-0.1, -0.05) is 13.8 Å². The van der Waals surface area contributed by atoms with Gasteiger partial charge in [0.2, 0.25) is 11.8 Å². The number of likely N-dealkylation sites (tertiary alicyclic amines) is 1. The van der Waals surface area contributed by atoms with Crippen molar-refractivity contribution in [3.05, 3.63) is 0 Å². The molecule has 2 amide bonds. The van der Waals surface area contributed by atoms with Gasteiger partial charge >= 0.3 is 6.18 Å². The quantitative estimate of drug-likeness (QED) is 0.808. The number of alkyl halides is 3. The van der Waals surface area contributed by atoms with Gasteiger partial charge in [0.05, 0.1) is 5.41 Å². The summed E-state index contributed by atoms with van der Waals surface area (Å²) in [5.41, 5.74) is 1.37. The third-order valence-corrected chi connectivity index (χ3v) is 3.73. The maximum Gasteiger partial charge on any atom is 0.417 e. The van der Waals surface area contributed by atoms with E-state index in [0.717, 1.165) is 0 Å². The van der Waals surface area contributed by atoms with Crippen LogP contribution in [-0.4, -0.2) is 46.7 Å². The number of rotatable bonds is 3. The summed E-state index contributed by atoms with van der Waals surface area (Å²) in [5.74, 6) is -1.08. The molecule has 116 valence electrons. The van der Waals surface area contributed by atoms with Crippen molar-refractivity contribution in [3.63, 3.8) is 0 Å². The monoisotopic (exact) mass is 296 g/mol. The van der Waals surface area contributed by atoms with Crippen LogP contribution in [0.5, 0.6) is 0 Å². The molecule has 0 radical (unpaired) electrons. The molecule has 0 aromatic carbocycles. The second-order valence-electron chi connectivity index (χ2n) is 5.84. The number of primary amides is 1. The molecule has 1 aliphatic rings. The van der Waals surface area contributed by atoms with E-state index >= 15 is 0 Å². The zero-order valence-electron chi connectivity index (χ0n) is 11.5. The van der Waals surface area contributed by atoms with Gasteiger partial charge in [0.1, 0.15) is 0 Å². The predicted octanol–water partition coefficient (Wildman–Crippen LogP) is 0.804. The maximum absolute atomic E-state index is 12.6. The van der Waals surface area contributed by atoms with Crippen LogP contribution in [0.2, 0.25) is 0 Å². The highest BCUT2D eigenvalue weighted by Gasteiger charge is 2.55. The predicted molar refractivity (Wildman–Crippen MR) is 64.4 cm³/mol. The number of aliphatic hydroxyl groups is 1. The summed E-state index contributed by atoms with van der Waals surface area (Å²) in [4.78, 5) is 24.3. The van der Waals surface area contributed by atoms with Crippen LogP contribution < -0.4 is 5.73 Å². The van der Waals surface area contributed by atoms with E-state index in [1.807, 2.05) is 0 Å². The molecular formula is C12H19F3N2O3. The van der Waals surface area contributed by atoms with E-state index in [9.17, 15) is 27.9 Å². The largest absolute Gasteiger partial charge is 0.417 e. The van der Waals surface area contributed by atoms with Crippen LogP contribution in [-0.2, 0) is 9.59 Å². The number of halogens is 3. The number of hydrogen-bond donors (Lipinski definition) is 2. The summed E-state index contributed by atoms with van der Waals surface area (Å²) in [6, 6.07) is 0. The van der Waals surface area contributed by atoms with E-state index in [4.69, 9.17) is 5.73 Å². The van der Waals surface area contributed by atoms with Crippen molar-refractivity contribution in [2.24, 2.45) is 11.1 Å². The molecule has 0 atom stereocenters. The Labute approximate surface area is 114 Å². The summed E-state index contributed by atoms with van der Waals surface area (Å²) in [6.45, 7) is 2.62. The Balaban J connectivity index is 2.63. The van der Waals surface area contributed by atoms with E-state index < -0.39 is 41.8 Å². The Morgan fingerprint density at radius 1 is 1.25 bits per heavy atom. The fourth-order valence-electron chi connectivity index (χ4n) is 1.99. The zero-order valence-corrected chi connectivity index (χ0v) is 11.5. The van der Waals surface area contributed by atoms with E-state index in [0.29, 0.717) is 0 Å². The third-order valence-electron chi connectivity index (χ3n) is 3.73. The zero-order chi connectivity index (χ0) is 15.8. The van der Waals surface area contributed by atoms with Crippen molar-refractivity contribution < 1.29 is 27.9 Å². The summed E-state index contributed by atoms with van der Waals surface area (Å²) < 4.78 is 37.8. The first-order chi connectivity index (χ1) is 8.89. The first kappa shape index (κ1) is 16.7. The first-order valence-electron chi connectivity index (χ1n) is 6.26.